The number of rotatable bonds is 3. The van der Waals surface area contributed by atoms with Gasteiger partial charge in [-0.2, -0.15) is 5.10 Å². The summed E-state index contributed by atoms with van der Waals surface area (Å²) in [5.74, 6) is 0.832. The monoisotopic (exact) mass is 342 g/mol. The molecule has 20 heavy (non-hydrogen) atoms. The molecule has 2 rings (SSSR count). The molecule has 1 saturated heterocycles. The summed E-state index contributed by atoms with van der Waals surface area (Å²) in [7, 11) is 0. The first-order chi connectivity index (χ1) is 9.41. The van der Waals surface area contributed by atoms with Gasteiger partial charge in [0.1, 0.15) is 0 Å². The maximum absolute atomic E-state index is 12.5. The Bertz CT molecular complexity index is 476. The quantitative estimate of drug-likeness (QED) is 0.885. The molecule has 0 bridgehead atoms. The number of hydrogen-bond acceptors (Lipinski definition) is 3. The van der Waals surface area contributed by atoms with Gasteiger partial charge in [-0.05, 0) is 47.5 Å². The third kappa shape index (κ3) is 3.06. The standard InChI is InChI=1S/C14H23BrN4O/c1-8(2)12-11(15)13(18-17-12)14(20)19-6-4-10(5-7-19)9(3)16/h8-10H,4-7,16H2,1-3H3,(H,17,18). The maximum Gasteiger partial charge on any atom is 0.275 e. The average molecular weight is 343 g/mol. The van der Waals surface area contributed by atoms with E-state index in [1.54, 1.807) is 0 Å². The van der Waals surface area contributed by atoms with Gasteiger partial charge >= 0.3 is 0 Å². The number of aromatic amines is 1. The summed E-state index contributed by atoms with van der Waals surface area (Å²) >= 11 is 3.49. The lowest BCUT2D eigenvalue weighted by atomic mass is 9.91. The van der Waals surface area contributed by atoms with Gasteiger partial charge in [0.25, 0.3) is 5.91 Å². The van der Waals surface area contributed by atoms with E-state index in [0.29, 0.717) is 17.5 Å². The molecule has 1 fully saturated rings. The van der Waals surface area contributed by atoms with Crippen LogP contribution in [0.4, 0.5) is 0 Å². The average Bonchev–Trinajstić information content (AvgIpc) is 2.80. The molecule has 1 unspecified atom stereocenters. The zero-order valence-electron chi connectivity index (χ0n) is 12.3. The van der Waals surface area contributed by atoms with Crippen LogP contribution in [0.3, 0.4) is 0 Å². The molecule has 3 N–H and O–H groups in total. The van der Waals surface area contributed by atoms with Gasteiger partial charge in [0.2, 0.25) is 0 Å². The van der Waals surface area contributed by atoms with Crippen molar-refractivity contribution in [1.82, 2.24) is 15.1 Å². The predicted molar refractivity (Wildman–Crippen MR) is 82.7 cm³/mol. The van der Waals surface area contributed by atoms with Gasteiger partial charge in [-0.3, -0.25) is 9.89 Å². The second-order valence-electron chi connectivity index (χ2n) is 5.94. The molecule has 2 heterocycles. The minimum atomic E-state index is 0.00292. The molecular formula is C14H23BrN4O. The summed E-state index contributed by atoms with van der Waals surface area (Å²) in [6, 6.07) is 0.205. The summed E-state index contributed by atoms with van der Waals surface area (Å²) < 4.78 is 0.798. The van der Waals surface area contributed by atoms with Crippen LogP contribution in [0.1, 0.15) is 55.7 Å². The number of amides is 1. The van der Waals surface area contributed by atoms with E-state index in [1.807, 2.05) is 11.8 Å². The van der Waals surface area contributed by atoms with Gasteiger partial charge in [-0.15, -0.1) is 0 Å². The third-order valence-corrected chi connectivity index (χ3v) is 4.89. The van der Waals surface area contributed by atoms with Crippen LogP contribution in [0.25, 0.3) is 0 Å². The Morgan fingerprint density at radius 1 is 1.40 bits per heavy atom. The fraction of sp³-hybridized carbons (Fsp3) is 0.714. The van der Waals surface area contributed by atoms with E-state index in [9.17, 15) is 4.79 Å². The summed E-state index contributed by atoms with van der Waals surface area (Å²) in [6.45, 7) is 7.71. The Morgan fingerprint density at radius 3 is 2.45 bits per heavy atom. The lowest BCUT2D eigenvalue weighted by molar-refractivity contribution is 0.0674. The zero-order valence-corrected chi connectivity index (χ0v) is 13.9. The van der Waals surface area contributed by atoms with Crippen molar-refractivity contribution in [3.63, 3.8) is 0 Å². The number of carbonyl (C=O) groups is 1. The number of carbonyl (C=O) groups excluding carboxylic acids is 1. The first-order valence-electron chi connectivity index (χ1n) is 7.20. The summed E-state index contributed by atoms with van der Waals surface area (Å²) in [5.41, 5.74) is 7.40. The minimum absolute atomic E-state index is 0.00292. The Hall–Kier alpha value is -0.880. The largest absolute Gasteiger partial charge is 0.337 e. The zero-order chi connectivity index (χ0) is 14.9. The van der Waals surface area contributed by atoms with E-state index in [2.05, 4.69) is 40.0 Å². The molecule has 1 atom stereocenters. The molecule has 112 valence electrons. The molecule has 5 nitrogen and oxygen atoms in total. The van der Waals surface area contributed by atoms with E-state index >= 15 is 0 Å². The van der Waals surface area contributed by atoms with E-state index < -0.39 is 0 Å². The molecular weight excluding hydrogens is 320 g/mol. The van der Waals surface area contributed by atoms with Gasteiger partial charge < -0.3 is 10.6 Å². The number of piperidine rings is 1. The Kier molecular flexibility index (Phi) is 4.86. The highest BCUT2D eigenvalue weighted by Crippen LogP contribution is 2.28. The molecule has 6 heteroatoms. The van der Waals surface area contributed by atoms with Gasteiger partial charge in [-0.1, -0.05) is 13.8 Å². The van der Waals surface area contributed by atoms with Crippen LogP contribution in [-0.4, -0.2) is 40.1 Å². The van der Waals surface area contributed by atoms with Gasteiger partial charge in [0, 0.05) is 19.1 Å². The number of hydrogen-bond donors (Lipinski definition) is 2. The maximum atomic E-state index is 12.5. The normalized spacial score (nSPS) is 18.6. The van der Waals surface area contributed by atoms with Crippen molar-refractivity contribution in [2.75, 3.05) is 13.1 Å². The van der Waals surface area contributed by atoms with E-state index in [1.165, 1.54) is 0 Å². The van der Waals surface area contributed by atoms with Crippen LogP contribution >= 0.6 is 15.9 Å². The highest BCUT2D eigenvalue weighted by Gasteiger charge is 2.28. The van der Waals surface area contributed by atoms with Crippen LogP contribution in [0, 0.1) is 5.92 Å². The van der Waals surface area contributed by atoms with Crippen LogP contribution in [0.15, 0.2) is 4.47 Å². The molecule has 0 saturated carbocycles. The molecule has 0 spiro atoms. The van der Waals surface area contributed by atoms with Crippen LogP contribution < -0.4 is 5.73 Å². The number of likely N-dealkylation sites (tertiary alicyclic amines) is 1. The van der Waals surface area contributed by atoms with Crippen molar-refractivity contribution < 1.29 is 4.79 Å². The second kappa shape index (κ2) is 6.26. The number of nitrogens with zero attached hydrogens (tertiary/aromatic N) is 2. The van der Waals surface area contributed by atoms with E-state index in [4.69, 9.17) is 5.73 Å². The molecule has 0 aliphatic carbocycles. The van der Waals surface area contributed by atoms with Gasteiger partial charge in [0.05, 0.1) is 10.2 Å². The van der Waals surface area contributed by atoms with Crippen LogP contribution in [0.5, 0.6) is 0 Å². The molecule has 1 amide bonds. The Balaban J connectivity index is 2.06. The first-order valence-corrected chi connectivity index (χ1v) is 7.99. The lowest BCUT2D eigenvalue weighted by Crippen LogP contribution is -2.42. The Morgan fingerprint density at radius 2 is 2.00 bits per heavy atom. The van der Waals surface area contributed by atoms with Crippen molar-refractivity contribution in [3.8, 4) is 0 Å². The fourth-order valence-electron chi connectivity index (χ4n) is 2.64. The first kappa shape index (κ1) is 15.5. The lowest BCUT2D eigenvalue weighted by Gasteiger charge is -2.33. The SMILES string of the molecule is CC(C)c1[nH]nc(C(=O)N2CCC(C(C)N)CC2)c1Br. The number of nitrogens with one attached hydrogen (secondary N) is 1. The Labute approximate surface area is 128 Å². The number of aromatic nitrogens is 2. The molecule has 0 radical (unpaired) electrons. The summed E-state index contributed by atoms with van der Waals surface area (Å²) in [5, 5.41) is 7.13. The second-order valence-corrected chi connectivity index (χ2v) is 6.74. The highest BCUT2D eigenvalue weighted by atomic mass is 79.9. The van der Waals surface area contributed by atoms with Crippen LogP contribution in [-0.2, 0) is 0 Å². The minimum Gasteiger partial charge on any atom is -0.337 e. The number of halogens is 1. The van der Waals surface area contributed by atoms with Crippen molar-refractivity contribution in [2.45, 2.75) is 45.6 Å². The van der Waals surface area contributed by atoms with Gasteiger partial charge in [-0.25, -0.2) is 0 Å². The number of H-pyrrole nitrogens is 1. The molecule has 1 aromatic heterocycles. The molecule has 0 aromatic carbocycles. The van der Waals surface area contributed by atoms with Crippen molar-refractivity contribution >= 4 is 21.8 Å². The number of nitrogens with two attached hydrogens (primary N) is 1. The van der Waals surface area contributed by atoms with Crippen molar-refractivity contribution in [3.05, 3.63) is 15.9 Å². The smallest absolute Gasteiger partial charge is 0.275 e. The molecule has 1 aromatic rings. The van der Waals surface area contributed by atoms with E-state index in [-0.39, 0.29) is 11.9 Å². The molecule has 1 aliphatic heterocycles. The van der Waals surface area contributed by atoms with Crippen molar-refractivity contribution in [1.29, 1.82) is 0 Å². The highest BCUT2D eigenvalue weighted by molar-refractivity contribution is 9.10. The summed E-state index contributed by atoms with van der Waals surface area (Å²) in [4.78, 5) is 14.4. The third-order valence-electron chi connectivity index (χ3n) is 4.08. The topological polar surface area (TPSA) is 75.0 Å². The van der Waals surface area contributed by atoms with E-state index in [0.717, 1.165) is 36.1 Å². The summed E-state index contributed by atoms with van der Waals surface area (Å²) in [6.07, 6.45) is 1.95. The van der Waals surface area contributed by atoms with Crippen molar-refractivity contribution in [2.24, 2.45) is 11.7 Å². The van der Waals surface area contributed by atoms with Crippen LogP contribution in [0.2, 0.25) is 0 Å². The fourth-order valence-corrected chi connectivity index (χ4v) is 3.45. The predicted octanol–water partition coefficient (Wildman–Crippen LogP) is 2.50. The van der Waals surface area contributed by atoms with Gasteiger partial charge in [0.15, 0.2) is 5.69 Å². The molecule has 1 aliphatic rings.